The summed E-state index contributed by atoms with van der Waals surface area (Å²) < 4.78 is 10.3. The van der Waals surface area contributed by atoms with Crippen LogP contribution in [0.2, 0.25) is 5.02 Å². The number of ether oxygens (including phenoxy) is 2. The minimum absolute atomic E-state index is 0.00659. The van der Waals surface area contributed by atoms with Crippen LogP contribution in [-0.2, 0) is 4.79 Å². The molecule has 0 aliphatic carbocycles. The van der Waals surface area contributed by atoms with E-state index in [4.69, 9.17) is 21.1 Å². The van der Waals surface area contributed by atoms with Crippen molar-refractivity contribution in [3.8, 4) is 11.5 Å². The smallest absolute Gasteiger partial charge is 0.280 e. The first kappa shape index (κ1) is 15.8. The number of nitro benzene ring substituents is 1. The minimum atomic E-state index is -0.548. The van der Waals surface area contributed by atoms with Crippen molar-refractivity contribution in [2.45, 2.75) is 0 Å². The molecule has 122 valence electrons. The molecule has 1 heterocycles. The third kappa shape index (κ3) is 3.31. The summed E-state index contributed by atoms with van der Waals surface area (Å²) in [6, 6.07) is 9.49. The third-order valence-electron chi connectivity index (χ3n) is 3.26. The van der Waals surface area contributed by atoms with E-state index in [9.17, 15) is 14.9 Å². The third-order valence-corrected chi connectivity index (χ3v) is 3.59. The Labute approximate surface area is 141 Å². The molecule has 0 spiro atoms. The van der Waals surface area contributed by atoms with Crippen LogP contribution in [0, 0.1) is 10.1 Å². The van der Waals surface area contributed by atoms with Gasteiger partial charge in [0.15, 0.2) is 11.5 Å². The number of halogens is 1. The van der Waals surface area contributed by atoms with Crippen LogP contribution < -0.4 is 14.8 Å². The number of rotatable bonds is 4. The Kier molecular flexibility index (Phi) is 4.35. The molecule has 2 aromatic carbocycles. The summed E-state index contributed by atoms with van der Waals surface area (Å²) in [5, 5.41) is 14.2. The summed E-state index contributed by atoms with van der Waals surface area (Å²) >= 11 is 5.96. The van der Waals surface area contributed by atoms with Gasteiger partial charge in [0.05, 0.1) is 27.3 Å². The highest BCUT2D eigenvalue weighted by atomic mass is 35.5. The highest BCUT2D eigenvalue weighted by molar-refractivity contribution is 6.33. The van der Waals surface area contributed by atoms with Crippen LogP contribution in [0.3, 0.4) is 0 Å². The van der Waals surface area contributed by atoms with Gasteiger partial charge >= 0.3 is 0 Å². The molecule has 24 heavy (non-hydrogen) atoms. The van der Waals surface area contributed by atoms with Gasteiger partial charge in [0.2, 0.25) is 12.7 Å². The standard InChI is InChI=1S/C16H11ClN2O5/c17-11-3-1-2-4-12(11)18-16(20)6-5-10-7-14-15(24-9-23-14)8-13(10)19(21)22/h1-8H,9H2,(H,18,20)/b6-5+. The van der Waals surface area contributed by atoms with Crippen molar-refractivity contribution >= 4 is 35.0 Å². The fourth-order valence-electron chi connectivity index (χ4n) is 2.14. The number of para-hydroxylation sites is 1. The van der Waals surface area contributed by atoms with Crippen molar-refractivity contribution in [3.05, 3.63) is 63.2 Å². The zero-order valence-electron chi connectivity index (χ0n) is 12.2. The molecular weight excluding hydrogens is 336 g/mol. The zero-order chi connectivity index (χ0) is 17.1. The van der Waals surface area contributed by atoms with E-state index in [2.05, 4.69) is 5.32 Å². The van der Waals surface area contributed by atoms with Gasteiger partial charge < -0.3 is 14.8 Å². The van der Waals surface area contributed by atoms with Crippen LogP contribution in [0.4, 0.5) is 11.4 Å². The fraction of sp³-hybridized carbons (Fsp3) is 0.0625. The molecule has 0 radical (unpaired) electrons. The van der Waals surface area contributed by atoms with E-state index in [1.807, 2.05) is 0 Å². The number of amides is 1. The van der Waals surface area contributed by atoms with E-state index >= 15 is 0 Å². The molecule has 0 saturated heterocycles. The lowest BCUT2D eigenvalue weighted by Gasteiger charge is -2.04. The monoisotopic (exact) mass is 346 g/mol. The van der Waals surface area contributed by atoms with E-state index in [1.165, 1.54) is 24.3 Å². The first-order valence-electron chi connectivity index (χ1n) is 6.86. The predicted molar refractivity (Wildman–Crippen MR) is 88.3 cm³/mol. The van der Waals surface area contributed by atoms with Gasteiger partial charge in [0.1, 0.15) is 0 Å². The Bertz CT molecular complexity index is 850. The number of carbonyl (C=O) groups is 1. The second kappa shape index (κ2) is 6.59. The normalized spacial score (nSPS) is 12.4. The number of nitrogens with zero attached hydrogens (tertiary/aromatic N) is 1. The van der Waals surface area contributed by atoms with Gasteiger partial charge in [-0.15, -0.1) is 0 Å². The molecule has 0 saturated carbocycles. The van der Waals surface area contributed by atoms with E-state index in [0.29, 0.717) is 22.2 Å². The van der Waals surface area contributed by atoms with E-state index in [1.54, 1.807) is 24.3 Å². The topological polar surface area (TPSA) is 90.7 Å². The molecule has 0 bridgehead atoms. The van der Waals surface area contributed by atoms with Gasteiger partial charge in [0, 0.05) is 6.08 Å². The molecule has 0 aromatic heterocycles. The minimum Gasteiger partial charge on any atom is -0.454 e. The molecule has 8 heteroatoms. The fourth-order valence-corrected chi connectivity index (χ4v) is 2.32. The number of benzene rings is 2. The Morgan fingerprint density at radius 1 is 1.25 bits per heavy atom. The van der Waals surface area contributed by atoms with E-state index in [-0.39, 0.29) is 18.0 Å². The SMILES string of the molecule is O=C(/C=C/c1cc2c(cc1[N+](=O)[O-])OCO2)Nc1ccccc1Cl. The summed E-state index contributed by atoms with van der Waals surface area (Å²) in [7, 11) is 0. The largest absolute Gasteiger partial charge is 0.454 e. The van der Waals surface area contributed by atoms with Crippen LogP contribution in [-0.4, -0.2) is 17.6 Å². The van der Waals surface area contributed by atoms with Gasteiger partial charge in [-0.3, -0.25) is 14.9 Å². The number of fused-ring (bicyclic) bond motifs is 1. The van der Waals surface area contributed by atoms with Crippen molar-refractivity contribution in [1.82, 2.24) is 0 Å². The highest BCUT2D eigenvalue weighted by Crippen LogP contribution is 2.38. The van der Waals surface area contributed by atoms with E-state index < -0.39 is 10.8 Å². The van der Waals surface area contributed by atoms with Crippen LogP contribution >= 0.6 is 11.6 Å². The Morgan fingerprint density at radius 2 is 1.96 bits per heavy atom. The maximum absolute atomic E-state index is 12.0. The highest BCUT2D eigenvalue weighted by Gasteiger charge is 2.22. The maximum atomic E-state index is 12.0. The number of hydrogen-bond donors (Lipinski definition) is 1. The summed E-state index contributed by atoms with van der Waals surface area (Å²) in [5.41, 5.74) is 0.508. The Hall–Kier alpha value is -3.06. The average Bonchev–Trinajstić information content (AvgIpc) is 3.01. The van der Waals surface area contributed by atoms with Crippen LogP contribution in [0.1, 0.15) is 5.56 Å². The van der Waals surface area contributed by atoms with Gasteiger partial charge in [-0.05, 0) is 24.3 Å². The lowest BCUT2D eigenvalue weighted by atomic mass is 10.1. The summed E-state index contributed by atoms with van der Waals surface area (Å²) in [4.78, 5) is 22.6. The van der Waals surface area contributed by atoms with Crippen LogP contribution in [0.25, 0.3) is 6.08 Å². The van der Waals surface area contributed by atoms with E-state index in [0.717, 1.165) is 0 Å². The summed E-state index contributed by atoms with van der Waals surface area (Å²) in [6.45, 7) is 0.00659. The zero-order valence-corrected chi connectivity index (χ0v) is 12.9. The summed E-state index contributed by atoms with van der Waals surface area (Å²) in [5.74, 6) is 0.237. The summed E-state index contributed by atoms with van der Waals surface area (Å²) in [6.07, 6.45) is 2.53. The molecule has 1 aliphatic rings. The second-order valence-corrected chi connectivity index (χ2v) is 5.23. The van der Waals surface area contributed by atoms with Gasteiger partial charge in [-0.1, -0.05) is 23.7 Å². The quantitative estimate of drug-likeness (QED) is 0.518. The number of nitrogens with one attached hydrogen (secondary N) is 1. The number of nitro groups is 1. The van der Waals surface area contributed by atoms with Crippen molar-refractivity contribution in [3.63, 3.8) is 0 Å². The molecule has 3 rings (SSSR count). The molecule has 0 unspecified atom stereocenters. The molecule has 1 N–H and O–H groups in total. The van der Waals surface area contributed by atoms with Crippen molar-refractivity contribution in [1.29, 1.82) is 0 Å². The molecule has 7 nitrogen and oxygen atoms in total. The lowest BCUT2D eigenvalue weighted by Crippen LogP contribution is -2.08. The average molecular weight is 347 g/mol. The molecule has 1 amide bonds. The lowest BCUT2D eigenvalue weighted by molar-refractivity contribution is -0.385. The number of carbonyl (C=O) groups excluding carboxylic acids is 1. The molecular formula is C16H11ClN2O5. The van der Waals surface area contributed by atoms with Crippen LogP contribution in [0.5, 0.6) is 11.5 Å². The first-order chi connectivity index (χ1) is 11.5. The maximum Gasteiger partial charge on any atom is 0.280 e. The molecule has 2 aromatic rings. The van der Waals surface area contributed by atoms with Crippen molar-refractivity contribution < 1.29 is 19.2 Å². The van der Waals surface area contributed by atoms with Gasteiger partial charge in [-0.2, -0.15) is 0 Å². The Morgan fingerprint density at radius 3 is 2.67 bits per heavy atom. The number of anilines is 1. The Balaban J connectivity index is 1.82. The number of hydrogen-bond acceptors (Lipinski definition) is 5. The van der Waals surface area contributed by atoms with Gasteiger partial charge in [0.25, 0.3) is 5.69 Å². The molecule has 0 atom stereocenters. The van der Waals surface area contributed by atoms with Gasteiger partial charge in [-0.25, -0.2) is 0 Å². The first-order valence-corrected chi connectivity index (χ1v) is 7.24. The van der Waals surface area contributed by atoms with Crippen LogP contribution in [0.15, 0.2) is 42.5 Å². The van der Waals surface area contributed by atoms with Crippen molar-refractivity contribution in [2.24, 2.45) is 0 Å². The van der Waals surface area contributed by atoms with Crippen molar-refractivity contribution in [2.75, 3.05) is 12.1 Å². The molecule has 0 fully saturated rings. The molecule has 1 aliphatic heterocycles. The predicted octanol–water partition coefficient (Wildman–Crippen LogP) is 3.63. The second-order valence-electron chi connectivity index (χ2n) is 4.82.